The van der Waals surface area contributed by atoms with Crippen LogP contribution >= 0.6 is 27.7 Å². The minimum Gasteiger partial charge on any atom is -0.288 e. The van der Waals surface area contributed by atoms with Crippen molar-refractivity contribution in [2.24, 2.45) is 0 Å². The molecule has 0 aliphatic rings. The number of Topliss-reactive ketones (excluding diaryl/α,β-unsaturated/α-hetero) is 1. The number of ketones is 1. The lowest BCUT2D eigenvalue weighted by Crippen LogP contribution is -2.16. The van der Waals surface area contributed by atoms with Crippen LogP contribution in [0.25, 0.3) is 6.08 Å². The van der Waals surface area contributed by atoms with Crippen LogP contribution in [0.1, 0.15) is 27.0 Å². The molecule has 0 atom stereocenters. The van der Waals surface area contributed by atoms with Crippen LogP contribution < -0.4 is 0 Å². The summed E-state index contributed by atoms with van der Waals surface area (Å²) in [7, 11) is -3.87. The number of thioether (sulfide) groups is 1. The van der Waals surface area contributed by atoms with E-state index in [2.05, 4.69) is 15.9 Å². The lowest BCUT2D eigenvalue weighted by atomic mass is 10.1. The third kappa shape index (κ3) is 5.72. The van der Waals surface area contributed by atoms with Crippen molar-refractivity contribution in [2.45, 2.75) is 17.6 Å². The van der Waals surface area contributed by atoms with Crippen LogP contribution in [-0.2, 0) is 15.6 Å². The first kappa shape index (κ1) is 22.5. The predicted molar refractivity (Wildman–Crippen MR) is 128 cm³/mol. The van der Waals surface area contributed by atoms with E-state index in [0.717, 1.165) is 14.9 Å². The SMILES string of the molecule is CSc1ccc(/C=C(\C(=O)c2ccc(Br)cc2)S(=O)(=O)Cc2ccc(C)cc2)cc1. The summed E-state index contributed by atoms with van der Waals surface area (Å²) in [5.41, 5.74) is 2.69. The van der Waals surface area contributed by atoms with Gasteiger partial charge in [0.25, 0.3) is 0 Å². The number of aryl methyl sites for hydroxylation is 1. The van der Waals surface area contributed by atoms with Crippen molar-refractivity contribution in [2.75, 3.05) is 6.26 Å². The summed E-state index contributed by atoms with van der Waals surface area (Å²) in [5, 5.41) is 0. The largest absolute Gasteiger partial charge is 0.288 e. The van der Waals surface area contributed by atoms with Crippen LogP contribution in [0.3, 0.4) is 0 Å². The standard InChI is InChI=1S/C24H21BrO3S2/c1-17-3-5-19(6-4-17)16-30(27,28)23(15-18-7-13-22(29-2)14-8-18)24(26)20-9-11-21(25)12-10-20/h3-15H,16H2,1-2H3/b23-15+. The van der Waals surface area contributed by atoms with Gasteiger partial charge < -0.3 is 0 Å². The van der Waals surface area contributed by atoms with Crippen LogP contribution in [0, 0.1) is 6.92 Å². The van der Waals surface area contributed by atoms with E-state index in [9.17, 15) is 13.2 Å². The van der Waals surface area contributed by atoms with Gasteiger partial charge in [-0.3, -0.25) is 4.79 Å². The quantitative estimate of drug-likeness (QED) is 0.216. The number of allylic oxidation sites excluding steroid dienone is 1. The molecule has 3 nitrogen and oxygen atoms in total. The molecule has 3 aromatic carbocycles. The normalized spacial score (nSPS) is 12.0. The van der Waals surface area contributed by atoms with Crippen molar-refractivity contribution in [3.8, 4) is 0 Å². The van der Waals surface area contributed by atoms with E-state index >= 15 is 0 Å². The average Bonchev–Trinajstić information content (AvgIpc) is 2.74. The molecule has 6 heteroatoms. The first-order chi connectivity index (χ1) is 14.3. The van der Waals surface area contributed by atoms with Gasteiger partial charge in [-0.25, -0.2) is 8.42 Å². The second kappa shape index (κ2) is 9.77. The molecular formula is C24H21BrO3S2. The molecule has 0 bridgehead atoms. The molecule has 0 saturated carbocycles. The van der Waals surface area contributed by atoms with Crippen molar-refractivity contribution >= 4 is 49.4 Å². The van der Waals surface area contributed by atoms with Crippen LogP contribution in [0.2, 0.25) is 0 Å². The van der Waals surface area contributed by atoms with Gasteiger partial charge >= 0.3 is 0 Å². The van der Waals surface area contributed by atoms with Gasteiger partial charge in [-0.15, -0.1) is 11.8 Å². The maximum atomic E-state index is 13.3. The van der Waals surface area contributed by atoms with Gasteiger partial charge in [0.1, 0.15) is 4.91 Å². The number of halogens is 1. The van der Waals surface area contributed by atoms with Gasteiger partial charge in [0.05, 0.1) is 5.75 Å². The maximum absolute atomic E-state index is 13.3. The second-order valence-electron chi connectivity index (χ2n) is 6.86. The van der Waals surface area contributed by atoms with Crippen molar-refractivity contribution < 1.29 is 13.2 Å². The van der Waals surface area contributed by atoms with Gasteiger partial charge in [-0.1, -0.05) is 57.9 Å². The zero-order chi connectivity index (χ0) is 21.7. The first-order valence-electron chi connectivity index (χ1n) is 9.23. The number of carbonyl (C=O) groups is 1. The summed E-state index contributed by atoms with van der Waals surface area (Å²) < 4.78 is 27.4. The molecule has 30 heavy (non-hydrogen) atoms. The highest BCUT2D eigenvalue weighted by Crippen LogP contribution is 2.24. The molecule has 0 amide bonds. The van der Waals surface area contributed by atoms with Crippen molar-refractivity contribution in [1.82, 2.24) is 0 Å². The fraction of sp³-hybridized carbons (Fsp3) is 0.125. The minimum atomic E-state index is -3.87. The smallest absolute Gasteiger partial charge is 0.204 e. The van der Waals surface area contributed by atoms with Crippen LogP contribution in [-0.4, -0.2) is 20.5 Å². The average molecular weight is 501 g/mol. The van der Waals surface area contributed by atoms with Gasteiger partial charge in [0.2, 0.25) is 5.78 Å². The molecule has 0 aliphatic heterocycles. The monoisotopic (exact) mass is 500 g/mol. The Hall–Kier alpha value is -2.15. The van der Waals surface area contributed by atoms with Crippen molar-refractivity contribution in [1.29, 1.82) is 0 Å². The molecule has 0 saturated heterocycles. The number of rotatable bonds is 7. The van der Waals surface area contributed by atoms with Crippen LogP contribution in [0.15, 0.2) is 87.1 Å². The predicted octanol–water partition coefficient (Wildman–Crippen LogP) is 6.32. The summed E-state index contributed by atoms with van der Waals surface area (Å²) in [5.74, 6) is -0.742. The molecule has 0 spiro atoms. The van der Waals surface area contributed by atoms with Gasteiger partial charge in [0.15, 0.2) is 9.84 Å². The van der Waals surface area contributed by atoms with E-state index < -0.39 is 15.6 Å². The minimum absolute atomic E-state index is 0.206. The van der Waals surface area contributed by atoms with E-state index in [0.29, 0.717) is 16.7 Å². The third-order valence-electron chi connectivity index (χ3n) is 4.56. The zero-order valence-electron chi connectivity index (χ0n) is 16.6. The molecule has 0 unspecified atom stereocenters. The van der Waals surface area contributed by atoms with Gasteiger partial charge in [0, 0.05) is 14.9 Å². The second-order valence-corrected chi connectivity index (χ2v) is 10.6. The van der Waals surface area contributed by atoms with Crippen molar-refractivity contribution in [3.63, 3.8) is 0 Å². The molecule has 0 N–H and O–H groups in total. The van der Waals surface area contributed by atoms with E-state index in [1.54, 1.807) is 48.2 Å². The number of hydrogen-bond donors (Lipinski definition) is 0. The highest BCUT2D eigenvalue weighted by atomic mass is 79.9. The number of hydrogen-bond acceptors (Lipinski definition) is 4. The van der Waals surface area contributed by atoms with Crippen molar-refractivity contribution in [3.05, 3.63) is 104 Å². The number of benzene rings is 3. The molecule has 0 aromatic heterocycles. The molecule has 3 aromatic rings. The summed E-state index contributed by atoms with van der Waals surface area (Å²) in [6, 6.07) is 21.5. The Morgan fingerprint density at radius 1 is 0.933 bits per heavy atom. The summed E-state index contributed by atoms with van der Waals surface area (Å²) >= 11 is 4.94. The van der Waals surface area contributed by atoms with Crippen LogP contribution in [0.5, 0.6) is 0 Å². The maximum Gasteiger partial charge on any atom is 0.204 e. The van der Waals surface area contributed by atoms with Gasteiger partial charge in [-0.05, 0) is 66.8 Å². The lowest BCUT2D eigenvalue weighted by molar-refractivity contribution is 0.104. The Kier molecular flexibility index (Phi) is 7.34. The summed E-state index contributed by atoms with van der Waals surface area (Å²) in [6.45, 7) is 1.94. The lowest BCUT2D eigenvalue weighted by Gasteiger charge is -2.10. The van der Waals surface area contributed by atoms with Crippen LogP contribution in [0.4, 0.5) is 0 Å². The molecule has 0 heterocycles. The van der Waals surface area contributed by atoms with E-state index in [-0.39, 0.29) is 10.7 Å². The van der Waals surface area contributed by atoms with E-state index in [1.807, 2.05) is 49.6 Å². The molecular weight excluding hydrogens is 480 g/mol. The fourth-order valence-electron chi connectivity index (χ4n) is 2.87. The molecule has 0 radical (unpaired) electrons. The van der Waals surface area contributed by atoms with E-state index in [1.165, 1.54) is 6.08 Å². The zero-order valence-corrected chi connectivity index (χ0v) is 19.9. The Morgan fingerprint density at radius 3 is 2.10 bits per heavy atom. The topological polar surface area (TPSA) is 51.2 Å². The van der Waals surface area contributed by atoms with Gasteiger partial charge in [-0.2, -0.15) is 0 Å². The Balaban J connectivity index is 2.05. The number of sulfone groups is 1. The number of carbonyl (C=O) groups excluding carboxylic acids is 1. The first-order valence-corrected chi connectivity index (χ1v) is 12.9. The summed E-state index contributed by atoms with van der Waals surface area (Å²) in [6.07, 6.45) is 3.44. The summed E-state index contributed by atoms with van der Waals surface area (Å²) in [4.78, 5) is 14.1. The fourth-order valence-corrected chi connectivity index (χ4v) is 5.05. The molecule has 0 fully saturated rings. The third-order valence-corrected chi connectivity index (χ3v) is 7.52. The Morgan fingerprint density at radius 2 is 1.53 bits per heavy atom. The highest BCUT2D eigenvalue weighted by Gasteiger charge is 2.26. The Bertz CT molecular complexity index is 1160. The Labute approximate surface area is 190 Å². The van der Waals surface area contributed by atoms with E-state index in [4.69, 9.17) is 0 Å². The molecule has 154 valence electrons. The molecule has 0 aliphatic carbocycles. The highest BCUT2D eigenvalue weighted by molar-refractivity contribution is 9.10. The molecule has 3 rings (SSSR count).